The van der Waals surface area contributed by atoms with E-state index < -0.39 is 48.5 Å². The highest BCUT2D eigenvalue weighted by Gasteiger charge is 2.45. The van der Waals surface area contributed by atoms with Crippen molar-refractivity contribution in [2.75, 3.05) is 13.7 Å². The van der Waals surface area contributed by atoms with E-state index in [-0.39, 0.29) is 5.88 Å². The summed E-state index contributed by atoms with van der Waals surface area (Å²) in [6.07, 6.45) is -9.42. The van der Waals surface area contributed by atoms with Crippen LogP contribution < -0.4 is 16.0 Å². The molecule has 23 heavy (non-hydrogen) atoms. The van der Waals surface area contributed by atoms with Crippen LogP contribution in [0, 0.1) is 0 Å². The van der Waals surface area contributed by atoms with Crippen molar-refractivity contribution < 1.29 is 28.8 Å². The molecule has 1 fully saturated rings. The summed E-state index contributed by atoms with van der Waals surface area (Å²) in [5.41, 5.74) is -1.62. The number of aliphatic hydroxyl groups excluding tert-OH is 2. The fourth-order valence-corrected chi connectivity index (χ4v) is 2.78. The Morgan fingerprint density at radius 1 is 1.39 bits per heavy atom. The molecule has 0 unspecified atom stereocenters. The Hall–Kier alpha value is -0.870. The van der Waals surface area contributed by atoms with Crippen molar-refractivity contribution in [2.24, 2.45) is 0 Å². The van der Waals surface area contributed by atoms with Crippen LogP contribution in [0.25, 0.3) is 0 Å². The molecule has 2 rings (SSSR count). The average Bonchev–Trinajstić information content (AvgIpc) is 2.71. The lowest BCUT2D eigenvalue weighted by molar-refractivity contribution is -0.0537. The molecular weight excluding hydrogens is 378 g/mol. The maximum atomic E-state index is 11.9. The highest BCUT2D eigenvalue weighted by Crippen LogP contribution is 2.57. The third-order valence-electron chi connectivity index (χ3n) is 3.13. The lowest BCUT2D eigenvalue weighted by Gasteiger charge is -2.19. The smallest absolute Gasteiger partial charge is 0.380 e. The summed E-state index contributed by atoms with van der Waals surface area (Å²) in [5, 5.41) is 20.0. The normalized spacial score (nSPS) is 28.0. The standard InChI is InChI=1S/C10H13Cl2N2O8P/c1-20-6-2-5(15)13-10(18)14(6)9-8(17)7(16)4(22-9)3-21-23(11,12)19/h2,4,7-9,16-17H,3H2,1H3,(H,13,15,18)/t4-,7-,8-,9-/m1/s1. The van der Waals surface area contributed by atoms with Gasteiger partial charge in [-0.3, -0.25) is 14.3 Å². The molecule has 130 valence electrons. The van der Waals surface area contributed by atoms with Gasteiger partial charge in [-0.05, 0) is 22.5 Å². The molecule has 1 aliphatic rings. The molecule has 0 bridgehead atoms. The quantitative estimate of drug-likeness (QED) is 0.585. The number of halogens is 2. The van der Waals surface area contributed by atoms with Crippen molar-refractivity contribution in [1.82, 2.24) is 9.55 Å². The van der Waals surface area contributed by atoms with E-state index in [0.717, 1.165) is 10.6 Å². The minimum Gasteiger partial charge on any atom is -0.482 e. The van der Waals surface area contributed by atoms with Gasteiger partial charge in [0, 0.05) is 0 Å². The summed E-state index contributed by atoms with van der Waals surface area (Å²) in [6.45, 7) is -0.487. The van der Waals surface area contributed by atoms with Crippen LogP contribution in [0.15, 0.2) is 15.7 Å². The molecule has 0 aliphatic carbocycles. The number of H-pyrrole nitrogens is 1. The van der Waals surface area contributed by atoms with Crippen molar-refractivity contribution in [2.45, 2.75) is 24.5 Å². The Balaban J connectivity index is 2.30. The summed E-state index contributed by atoms with van der Waals surface area (Å²) in [4.78, 5) is 25.2. The summed E-state index contributed by atoms with van der Waals surface area (Å²) < 4.78 is 26.8. The number of ether oxygens (including phenoxy) is 2. The maximum Gasteiger partial charge on any atom is 0.380 e. The first-order valence-corrected chi connectivity index (χ1v) is 9.63. The molecule has 0 aromatic carbocycles. The molecule has 1 aromatic rings. The molecule has 0 spiro atoms. The number of aromatic amines is 1. The van der Waals surface area contributed by atoms with Crippen LogP contribution in [0.4, 0.5) is 0 Å². The van der Waals surface area contributed by atoms with E-state index in [1.54, 1.807) is 0 Å². The van der Waals surface area contributed by atoms with E-state index in [1.807, 2.05) is 4.98 Å². The Morgan fingerprint density at radius 3 is 2.61 bits per heavy atom. The first-order valence-electron chi connectivity index (χ1n) is 6.19. The number of hydrogen-bond acceptors (Lipinski definition) is 8. The molecule has 0 saturated carbocycles. The van der Waals surface area contributed by atoms with Gasteiger partial charge in [0.1, 0.15) is 18.3 Å². The van der Waals surface area contributed by atoms with Crippen LogP contribution in [0.3, 0.4) is 0 Å². The molecule has 3 N–H and O–H groups in total. The fourth-order valence-electron chi connectivity index (χ4n) is 2.12. The van der Waals surface area contributed by atoms with E-state index in [2.05, 4.69) is 4.52 Å². The van der Waals surface area contributed by atoms with E-state index in [9.17, 15) is 24.4 Å². The molecule has 0 amide bonds. The summed E-state index contributed by atoms with van der Waals surface area (Å²) in [6, 6.07) is 0.972. The van der Waals surface area contributed by atoms with Crippen LogP contribution in [0.5, 0.6) is 5.88 Å². The van der Waals surface area contributed by atoms with E-state index in [0.29, 0.717) is 0 Å². The van der Waals surface area contributed by atoms with Gasteiger partial charge in [-0.2, -0.15) is 0 Å². The van der Waals surface area contributed by atoms with Gasteiger partial charge < -0.3 is 24.2 Å². The van der Waals surface area contributed by atoms with Crippen LogP contribution in [-0.4, -0.2) is 51.8 Å². The van der Waals surface area contributed by atoms with Gasteiger partial charge in [0.15, 0.2) is 6.23 Å². The van der Waals surface area contributed by atoms with Crippen molar-refractivity contribution in [3.63, 3.8) is 0 Å². The molecule has 1 aromatic heterocycles. The minimum absolute atomic E-state index is 0.183. The molecule has 1 saturated heterocycles. The zero-order chi connectivity index (χ0) is 17.4. The topological polar surface area (TPSA) is 140 Å². The lowest BCUT2D eigenvalue weighted by Crippen LogP contribution is -2.38. The SMILES string of the molecule is COc1cc(=O)[nH]c(=O)n1[C@@H]1O[C@H](COP(=O)(Cl)Cl)[C@@H](O)[C@H]1O. The highest BCUT2D eigenvalue weighted by molar-refractivity contribution is 8.05. The third kappa shape index (κ3) is 4.16. The summed E-state index contributed by atoms with van der Waals surface area (Å²) in [5.74, 6) is -0.183. The molecule has 1 aliphatic heterocycles. The van der Waals surface area contributed by atoms with E-state index in [4.69, 9.17) is 32.0 Å². The second kappa shape index (κ2) is 6.94. The second-order valence-electron chi connectivity index (χ2n) is 4.61. The first kappa shape index (κ1) is 18.5. The largest absolute Gasteiger partial charge is 0.482 e. The van der Waals surface area contributed by atoms with Gasteiger partial charge in [0.25, 0.3) is 5.56 Å². The lowest BCUT2D eigenvalue weighted by atomic mass is 10.1. The molecule has 0 radical (unpaired) electrons. The molecular formula is C10H13Cl2N2O8P. The Kier molecular flexibility index (Phi) is 5.57. The number of nitrogens with zero attached hydrogens (tertiary/aromatic N) is 1. The average molecular weight is 391 g/mol. The maximum absolute atomic E-state index is 11.9. The number of aromatic nitrogens is 2. The predicted molar refractivity (Wildman–Crippen MR) is 79.1 cm³/mol. The Bertz CT molecular complexity index is 730. The van der Waals surface area contributed by atoms with Gasteiger partial charge in [-0.1, -0.05) is 0 Å². The van der Waals surface area contributed by atoms with Crippen LogP contribution >= 0.6 is 28.6 Å². The number of hydrogen-bond donors (Lipinski definition) is 3. The Morgan fingerprint density at radius 2 is 2.04 bits per heavy atom. The zero-order valence-corrected chi connectivity index (χ0v) is 14.0. The first-order chi connectivity index (χ1) is 10.6. The molecule has 13 heteroatoms. The highest BCUT2D eigenvalue weighted by atomic mass is 35.9. The molecule has 2 heterocycles. The number of methoxy groups -OCH3 is 1. The van der Waals surface area contributed by atoms with Crippen molar-refractivity contribution in [3.8, 4) is 5.88 Å². The monoisotopic (exact) mass is 390 g/mol. The molecule has 10 nitrogen and oxygen atoms in total. The fraction of sp³-hybridized carbons (Fsp3) is 0.600. The van der Waals surface area contributed by atoms with Crippen molar-refractivity contribution in [1.29, 1.82) is 0 Å². The number of nitrogens with one attached hydrogen (secondary N) is 1. The molecule has 4 atom stereocenters. The third-order valence-corrected chi connectivity index (χ3v) is 4.17. The van der Waals surface area contributed by atoms with Crippen molar-refractivity contribution in [3.05, 3.63) is 26.9 Å². The van der Waals surface area contributed by atoms with Gasteiger partial charge >= 0.3 is 11.8 Å². The van der Waals surface area contributed by atoms with Crippen molar-refractivity contribution >= 4 is 28.6 Å². The predicted octanol–water partition coefficient (Wildman–Crippen LogP) is -0.233. The minimum atomic E-state index is -3.86. The zero-order valence-electron chi connectivity index (χ0n) is 11.6. The van der Waals surface area contributed by atoms with Crippen LogP contribution in [0.2, 0.25) is 0 Å². The van der Waals surface area contributed by atoms with Crippen LogP contribution in [0.1, 0.15) is 6.23 Å². The number of aliphatic hydroxyl groups is 2. The second-order valence-corrected chi connectivity index (χ2v) is 8.88. The summed E-state index contributed by atoms with van der Waals surface area (Å²) in [7, 11) is 1.21. The van der Waals surface area contributed by atoms with E-state index >= 15 is 0 Å². The van der Waals surface area contributed by atoms with Gasteiger partial charge in [-0.25, -0.2) is 9.36 Å². The van der Waals surface area contributed by atoms with Gasteiger partial charge in [0.05, 0.1) is 19.8 Å². The number of rotatable bonds is 5. The summed E-state index contributed by atoms with van der Waals surface area (Å²) >= 11 is 10.4. The van der Waals surface area contributed by atoms with Gasteiger partial charge in [-0.15, -0.1) is 0 Å². The Labute approximate surface area is 138 Å². The van der Waals surface area contributed by atoms with Gasteiger partial charge in [0.2, 0.25) is 5.88 Å². The van der Waals surface area contributed by atoms with E-state index in [1.165, 1.54) is 7.11 Å². The van der Waals surface area contributed by atoms with Crippen LogP contribution in [-0.2, 0) is 13.8 Å².